The molecule has 5 nitrogen and oxygen atoms in total. The van der Waals surface area contributed by atoms with Crippen LogP contribution in [0.2, 0.25) is 0 Å². The first-order chi connectivity index (χ1) is 11.1. The molecule has 0 aliphatic carbocycles. The number of hydrogen-bond acceptors (Lipinski definition) is 4. The molecular weight excluding hydrogens is 292 g/mol. The number of nitrogens with zero attached hydrogens (tertiary/aromatic N) is 1. The highest BCUT2D eigenvalue weighted by atomic mass is 16.5. The van der Waals surface area contributed by atoms with Crippen molar-refractivity contribution in [1.82, 2.24) is 5.43 Å². The van der Waals surface area contributed by atoms with Gasteiger partial charge in [-0.05, 0) is 49.6 Å². The number of benzene rings is 2. The van der Waals surface area contributed by atoms with Gasteiger partial charge in [-0.15, -0.1) is 0 Å². The van der Waals surface area contributed by atoms with E-state index in [0.29, 0.717) is 0 Å². The van der Waals surface area contributed by atoms with Crippen LogP contribution in [0.3, 0.4) is 0 Å². The molecule has 0 aliphatic heterocycles. The maximum atomic E-state index is 11.9. The number of aryl methyl sites for hydroxylation is 1. The van der Waals surface area contributed by atoms with E-state index in [1.54, 1.807) is 25.3 Å². The third kappa shape index (κ3) is 4.85. The number of carbonyl (C=O) groups is 1. The Hall–Kier alpha value is -2.82. The van der Waals surface area contributed by atoms with E-state index in [1.165, 1.54) is 11.6 Å². The molecule has 0 aliphatic rings. The summed E-state index contributed by atoms with van der Waals surface area (Å²) in [6, 6.07) is 14.2. The van der Waals surface area contributed by atoms with Gasteiger partial charge < -0.3 is 9.84 Å². The Morgan fingerprint density at radius 2 is 1.87 bits per heavy atom. The van der Waals surface area contributed by atoms with Crippen molar-refractivity contribution < 1.29 is 14.6 Å². The number of aromatic hydroxyl groups is 1. The minimum absolute atomic E-state index is 0.0592. The van der Waals surface area contributed by atoms with Crippen LogP contribution < -0.4 is 10.2 Å². The zero-order valence-corrected chi connectivity index (χ0v) is 13.2. The molecule has 0 saturated heterocycles. The maximum absolute atomic E-state index is 11.9. The van der Waals surface area contributed by atoms with Crippen LogP contribution in [-0.2, 0) is 6.42 Å². The smallest absolute Gasteiger partial charge is 0.275 e. The lowest BCUT2D eigenvalue weighted by atomic mass is 10.1. The molecule has 0 bridgehead atoms. The van der Waals surface area contributed by atoms with Crippen LogP contribution in [0.25, 0.3) is 0 Å². The molecule has 2 N–H and O–H groups in total. The van der Waals surface area contributed by atoms with Crippen molar-refractivity contribution >= 4 is 11.6 Å². The summed E-state index contributed by atoms with van der Waals surface area (Å²) in [5, 5.41) is 13.7. The second-order valence-corrected chi connectivity index (χ2v) is 5.15. The molecular formula is C18H20N2O3. The second kappa shape index (κ2) is 7.98. The van der Waals surface area contributed by atoms with Gasteiger partial charge in [-0.25, -0.2) is 5.43 Å². The fraction of sp³-hybridized carbons (Fsp3) is 0.222. The number of hydrazone groups is 1. The molecule has 0 aromatic heterocycles. The van der Waals surface area contributed by atoms with Crippen LogP contribution in [0.4, 0.5) is 0 Å². The molecule has 0 radical (unpaired) electrons. The Labute approximate surface area is 135 Å². The van der Waals surface area contributed by atoms with E-state index in [4.69, 9.17) is 4.74 Å². The highest BCUT2D eigenvalue weighted by molar-refractivity contribution is 5.97. The van der Waals surface area contributed by atoms with Gasteiger partial charge in [0.1, 0.15) is 11.5 Å². The third-order valence-electron chi connectivity index (χ3n) is 3.43. The summed E-state index contributed by atoms with van der Waals surface area (Å²) in [5.41, 5.74) is 4.65. The lowest BCUT2D eigenvalue weighted by Crippen LogP contribution is -2.19. The minimum atomic E-state index is -0.424. The summed E-state index contributed by atoms with van der Waals surface area (Å²) in [7, 11) is 1.64. The van der Waals surface area contributed by atoms with Crippen LogP contribution in [-0.4, -0.2) is 23.8 Å². The molecule has 23 heavy (non-hydrogen) atoms. The van der Waals surface area contributed by atoms with Crippen LogP contribution in [0.1, 0.15) is 29.3 Å². The van der Waals surface area contributed by atoms with E-state index in [0.717, 1.165) is 24.3 Å². The van der Waals surface area contributed by atoms with E-state index in [2.05, 4.69) is 10.5 Å². The van der Waals surface area contributed by atoms with Crippen molar-refractivity contribution in [2.45, 2.75) is 19.8 Å². The SMILES string of the molecule is COc1ccc(CC/C(C)=N\NC(=O)c2ccccc2O)cc1. The molecule has 0 unspecified atom stereocenters. The van der Waals surface area contributed by atoms with Gasteiger partial charge in [0.2, 0.25) is 0 Å². The Balaban J connectivity index is 1.87. The van der Waals surface area contributed by atoms with Crippen LogP contribution >= 0.6 is 0 Å². The number of ether oxygens (including phenoxy) is 1. The first kappa shape index (κ1) is 16.5. The van der Waals surface area contributed by atoms with Crippen molar-refractivity contribution in [2.75, 3.05) is 7.11 Å². The summed E-state index contributed by atoms with van der Waals surface area (Å²) >= 11 is 0. The predicted octanol–water partition coefficient (Wildman–Crippen LogP) is 3.14. The van der Waals surface area contributed by atoms with Crippen LogP contribution in [0, 0.1) is 0 Å². The fourth-order valence-corrected chi connectivity index (χ4v) is 2.05. The molecule has 0 atom stereocenters. The monoisotopic (exact) mass is 312 g/mol. The molecule has 1 amide bonds. The largest absolute Gasteiger partial charge is 0.507 e. The van der Waals surface area contributed by atoms with Crippen LogP contribution in [0.15, 0.2) is 53.6 Å². The van der Waals surface area contributed by atoms with Gasteiger partial charge >= 0.3 is 0 Å². The Morgan fingerprint density at radius 3 is 2.52 bits per heavy atom. The number of para-hydroxylation sites is 1. The van der Waals surface area contributed by atoms with Gasteiger partial charge in [0.05, 0.1) is 12.7 Å². The van der Waals surface area contributed by atoms with Gasteiger partial charge in [-0.1, -0.05) is 24.3 Å². The van der Waals surface area contributed by atoms with Gasteiger partial charge in [0, 0.05) is 5.71 Å². The van der Waals surface area contributed by atoms with Gasteiger partial charge in [-0.3, -0.25) is 4.79 Å². The number of phenols is 1. The molecule has 5 heteroatoms. The number of rotatable bonds is 6. The number of phenolic OH excluding ortho intramolecular Hbond substituents is 1. The number of nitrogens with one attached hydrogen (secondary N) is 1. The van der Waals surface area contributed by atoms with E-state index < -0.39 is 5.91 Å². The normalized spacial score (nSPS) is 11.1. The topological polar surface area (TPSA) is 70.9 Å². The lowest BCUT2D eigenvalue weighted by molar-refractivity contribution is 0.0952. The van der Waals surface area contributed by atoms with E-state index in [9.17, 15) is 9.90 Å². The summed E-state index contributed by atoms with van der Waals surface area (Å²) in [6.45, 7) is 1.86. The lowest BCUT2D eigenvalue weighted by Gasteiger charge is -2.05. The number of methoxy groups -OCH3 is 1. The van der Waals surface area contributed by atoms with Gasteiger partial charge in [-0.2, -0.15) is 5.10 Å². The minimum Gasteiger partial charge on any atom is -0.507 e. The van der Waals surface area contributed by atoms with Crippen molar-refractivity contribution in [3.05, 3.63) is 59.7 Å². The average molecular weight is 312 g/mol. The van der Waals surface area contributed by atoms with Crippen molar-refractivity contribution in [2.24, 2.45) is 5.10 Å². The van der Waals surface area contributed by atoms with Gasteiger partial charge in [0.15, 0.2) is 0 Å². The second-order valence-electron chi connectivity index (χ2n) is 5.15. The molecule has 0 saturated carbocycles. The number of amides is 1. The zero-order chi connectivity index (χ0) is 16.7. The van der Waals surface area contributed by atoms with Gasteiger partial charge in [0.25, 0.3) is 5.91 Å². The Morgan fingerprint density at radius 1 is 1.17 bits per heavy atom. The van der Waals surface area contributed by atoms with Crippen LogP contribution in [0.5, 0.6) is 11.5 Å². The molecule has 2 aromatic rings. The quantitative estimate of drug-likeness (QED) is 0.636. The average Bonchev–Trinajstić information content (AvgIpc) is 2.58. The molecule has 0 spiro atoms. The predicted molar refractivity (Wildman–Crippen MR) is 90.0 cm³/mol. The Bertz CT molecular complexity index is 694. The highest BCUT2D eigenvalue weighted by Crippen LogP contribution is 2.15. The standard InChI is InChI=1S/C18H20N2O3/c1-13(7-8-14-9-11-15(23-2)12-10-14)19-20-18(22)16-5-3-4-6-17(16)21/h3-6,9-12,21H,7-8H2,1-2H3,(H,20,22)/b19-13-. The molecule has 2 aromatic carbocycles. The Kier molecular flexibility index (Phi) is 5.74. The van der Waals surface area contributed by atoms with Crippen molar-refractivity contribution in [1.29, 1.82) is 0 Å². The first-order valence-electron chi connectivity index (χ1n) is 7.34. The van der Waals surface area contributed by atoms with E-state index in [-0.39, 0.29) is 11.3 Å². The number of hydrogen-bond donors (Lipinski definition) is 2. The molecule has 0 fully saturated rings. The third-order valence-corrected chi connectivity index (χ3v) is 3.43. The van der Waals surface area contributed by atoms with Crippen molar-refractivity contribution in [3.63, 3.8) is 0 Å². The van der Waals surface area contributed by atoms with E-state index in [1.807, 2.05) is 31.2 Å². The summed E-state index contributed by atoms with van der Waals surface area (Å²) in [6.07, 6.45) is 1.55. The highest BCUT2D eigenvalue weighted by Gasteiger charge is 2.09. The van der Waals surface area contributed by atoms with Crippen molar-refractivity contribution in [3.8, 4) is 11.5 Å². The number of carbonyl (C=O) groups excluding carboxylic acids is 1. The summed E-state index contributed by atoms with van der Waals surface area (Å²) < 4.78 is 5.12. The molecule has 2 rings (SSSR count). The fourth-order valence-electron chi connectivity index (χ4n) is 2.05. The van der Waals surface area contributed by atoms with E-state index >= 15 is 0 Å². The summed E-state index contributed by atoms with van der Waals surface area (Å²) in [4.78, 5) is 11.9. The molecule has 120 valence electrons. The molecule has 0 heterocycles. The first-order valence-corrected chi connectivity index (χ1v) is 7.34. The zero-order valence-electron chi connectivity index (χ0n) is 13.2. The maximum Gasteiger partial charge on any atom is 0.275 e. The summed E-state index contributed by atoms with van der Waals surface area (Å²) in [5.74, 6) is 0.344.